The van der Waals surface area contributed by atoms with Gasteiger partial charge in [-0.1, -0.05) is 31.4 Å². The van der Waals surface area contributed by atoms with Crippen molar-refractivity contribution in [1.29, 1.82) is 0 Å². The summed E-state index contributed by atoms with van der Waals surface area (Å²) >= 11 is 3.13. The second-order valence-corrected chi connectivity index (χ2v) is 5.05. The van der Waals surface area contributed by atoms with Gasteiger partial charge in [0, 0.05) is 5.56 Å². The molecule has 0 aromatic heterocycles. The van der Waals surface area contributed by atoms with Crippen LogP contribution in [0.5, 0.6) is 0 Å². The van der Waals surface area contributed by atoms with Gasteiger partial charge in [-0.25, -0.2) is 4.39 Å². The van der Waals surface area contributed by atoms with Crippen molar-refractivity contribution in [2.24, 2.45) is 5.92 Å². The number of aliphatic hydroxyl groups excluding tert-OH is 1. The minimum Gasteiger partial charge on any atom is -0.388 e. The Morgan fingerprint density at radius 2 is 2.20 bits per heavy atom. The first-order chi connectivity index (χ1) is 7.18. The Morgan fingerprint density at radius 1 is 1.47 bits per heavy atom. The van der Waals surface area contributed by atoms with Crippen molar-refractivity contribution < 1.29 is 9.50 Å². The summed E-state index contributed by atoms with van der Waals surface area (Å²) in [5.41, 5.74) is 0.413. The third kappa shape index (κ3) is 2.40. The summed E-state index contributed by atoms with van der Waals surface area (Å²) in [7, 11) is 0. The third-order valence-electron chi connectivity index (χ3n) is 3.12. The normalized spacial score (nSPS) is 18.6. The van der Waals surface area contributed by atoms with E-state index >= 15 is 0 Å². The molecule has 1 aromatic carbocycles. The summed E-state index contributed by atoms with van der Waals surface area (Å²) < 4.78 is 14.0. The van der Waals surface area contributed by atoms with Gasteiger partial charge in [-0.3, -0.25) is 0 Å². The Morgan fingerprint density at radius 3 is 2.80 bits per heavy atom. The summed E-state index contributed by atoms with van der Waals surface area (Å²) in [6, 6.07) is 5.06. The Hall–Kier alpha value is -0.410. The molecule has 3 heteroatoms. The molecule has 0 saturated heterocycles. The lowest BCUT2D eigenvalue weighted by atomic mass is 9.80. The van der Waals surface area contributed by atoms with Crippen LogP contribution in [0.4, 0.5) is 4.39 Å². The van der Waals surface area contributed by atoms with Crippen LogP contribution in [0.25, 0.3) is 0 Å². The maximum atomic E-state index is 13.6. The molecule has 1 aliphatic carbocycles. The fourth-order valence-corrected chi connectivity index (χ4v) is 2.33. The van der Waals surface area contributed by atoms with Gasteiger partial charge >= 0.3 is 0 Å². The second kappa shape index (κ2) is 4.62. The van der Waals surface area contributed by atoms with Crippen molar-refractivity contribution in [3.63, 3.8) is 0 Å². The molecular weight excluding hydrogens is 259 g/mol. The monoisotopic (exact) mass is 272 g/mol. The van der Waals surface area contributed by atoms with E-state index in [-0.39, 0.29) is 5.82 Å². The minimum atomic E-state index is -0.659. The van der Waals surface area contributed by atoms with Crippen molar-refractivity contribution in [2.75, 3.05) is 0 Å². The minimum absolute atomic E-state index is 0.329. The van der Waals surface area contributed by atoms with Crippen LogP contribution in [0.15, 0.2) is 22.7 Å². The van der Waals surface area contributed by atoms with E-state index in [2.05, 4.69) is 15.9 Å². The maximum Gasteiger partial charge on any atom is 0.143 e. The molecule has 0 amide bonds. The number of hydrogen-bond donors (Lipinski definition) is 1. The molecule has 1 fully saturated rings. The largest absolute Gasteiger partial charge is 0.388 e. The molecule has 0 spiro atoms. The molecular formula is C12H14BrFO. The van der Waals surface area contributed by atoms with Crippen LogP contribution in [0.2, 0.25) is 0 Å². The van der Waals surface area contributed by atoms with Crippen LogP contribution >= 0.6 is 15.9 Å². The molecule has 0 heterocycles. The fraction of sp³-hybridized carbons (Fsp3) is 0.500. The van der Waals surface area contributed by atoms with E-state index < -0.39 is 6.10 Å². The highest BCUT2D eigenvalue weighted by Gasteiger charge is 2.23. The van der Waals surface area contributed by atoms with Crippen LogP contribution in [0.1, 0.15) is 37.4 Å². The van der Waals surface area contributed by atoms with E-state index in [0.717, 1.165) is 0 Å². The average Bonchev–Trinajstić information content (AvgIpc) is 2.15. The lowest BCUT2D eigenvalue weighted by Crippen LogP contribution is -2.15. The Bertz CT molecular complexity index is 349. The summed E-state index contributed by atoms with van der Waals surface area (Å²) in [6.07, 6.45) is 3.62. The van der Waals surface area contributed by atoms with Gasteiger partial charge in [0.15, 0.2) is 0 Å². The molecule has 1 unspecified atom stereocenters. The zero-order valence-corrected chi connectivity index (χ0v) is 10.0. The summed E-state index contributed by atoms with van der Waals surface area (Å²) in [6.45, 7) is 0. The summed E-state index contributed by atoms with van der Waals surface area (Å²) in [4.78, 5) is 0. The zero-order chi connectivity index (χ0) is 10.8. The van der Waals surface area contributed by atoms with Gasteiger partial charge < -0.3 is 5.11 Å². The first kappa shape index (κ1) is 11.1. The quantitative estimate of drug-likeness (QED) is 0.887. The first-order valence-corrected chi connectivity index (χ1v) is 6.09. The van der Waals surface area contributed by atoms with E-state index in [1.807, 2.05) is 0 Å². The molecule has 0 bridgehead atoms. The van der Waals surface area contributed by atoms with Crippen LogP contribution in [0.3, 0.4) is 0 Å². The number of halogens is 2. The van der Waals surface area contributed by atoms with Gasteiger partial charge in [-0.05, 0) is 34.3 Å². The van der Waals surface area contributed by atoms with Gasteiger partial charge in [-0.15, -0.1) is 0 Å². The second-order valence-electron chi connectivity index (χ2n) is 4.19. The van der Waals surface area contributed by atoms with Crippen LogP contribution in [0, 0.1) is 11.7 Å². The molecule has 82 valence electrons. The third-order valence-corrected chi connectivity index (χ3v) is 3.73. The van der Waals surface area contributed by atoms with E-state index in [1.165, 1.54) is 19.3 Å². The molecule has 1 atom stereocenters. The molecule has 1 saturated carbocycles. The van der Waals surface area contributed by atoms with Crippen LogP contribution in [-0.4, -0.2) is 5.11 Å². The molecule has 0 radical (unpaired) electrons. The number of benzene rings is 1. The topological polar surface area (TPSA) is 20.2 Å². The van der Waals surface area contributed by atoms with Gasteiger partial charge in [0.25, 0.3) is 0 Å². The molecule has 0 aliphatic heterocycles. The number of aliphatic hydroxyl groups is 1. The van der Waals surface area contributed by atoms with Gasteiger partial charge in [-0.2, -0.15) is 0 Å². The first-order valence-electron chi connectivity index (χ1n) is 5.30. The van der Waals surface area contributed by atoms with Crippen molar-refractivity contribution in [2.45, 2.75) is 31.8 Å². The van der Waals surface area contributed by atoms with E-state index in [1.54, 1.807) is 18.2 Å². The highest BCUT2D eigenvalue weighted by molar-refractivity contribution is 9.10. The Kier molecular flexibility index (Phi) is 3.42. The predicted molar refractivity (Wildman–Crippen MR) is 61.0 cm³/mol. The summed E-state index contributed by atoms with van der Waals surface area (Å²) in [5.74, 6) is 0.253. The van der Waals surface area contributed by atoms with Crippen LogP contribution in [-0.2, 0) is 0 Å². The number of rotatable bonds is 3. The van der Waals surface area contributed by atoms with Crippen molar-refractivity contribution in [1.82, 2.24) is 0 Å². The van der Waals surface area contributed by atoms with E-state index in [9.17, 15) is 9.50 Å². The number of hydrogen-bond acceptors (Lipinski definition) is 1. The highest BCUT2D eigenvalue weighted by Crippen LogP contribution is 2.36. The van der Waals surface area contributed by atoms with Gasteiger partial charge in [0.2, 0.25) is 0 Å². The summed E-state index contributed by atoms with van der Waals surface area (Å²) in [5, 5.41) is 9.90. The van der Waals surface area contributed by atoms with Crippen molar-refractivity contribution in [3.8, 4) is 0 Å². The van der Waals surface area contributed by atoms with Crippen molar-refractivity contribution >= 4 is 15.9 Å². The predicted octanol–water partition coefficient (Wildman–Crippen LogP) is 3.81. The maximum absolute atomic E-state index is 13.6. The van der Waals surface area contributed by atoms with Gasteiger partial charge in [0.1, 0.15) is 5.82 Å². The molecule has 1 aromatic rings. The van der Waals surface area contributed by atoms with E-state index in [4.69, 9.17) is 0 Å². The molecule has 2 rings (SSSR count). The Labute approximate surface area is 97.4 Å². The molecule has 15 heavy (non-hydrogen) atoms. The average molecular weight is 273 g/mol. The fourth-order valence-electron chi connectivity index (χ4n) is 1.95. The molecule has 1 N–H and O–H groups in total. The smallest absolute Gasteiger partial charge is 0.143 e. The molecule has 1 nitrogen and oxygen atoms in total. The lowest BCUT2D eigenvalue weighted by Gasteiger charge is -2.27. The van der Waals surface area contributed by atoms with E-state index in [0.29, 0.717) is 22.4 Å². The highest BCUT2D eigenvalue weighted by atomic mass is 79.9. The standard InChI is InChI=1S/C12H14BrFO/c13-10-6-2-5-9(12(10)14)11(15)7-8-3-1-4-8/h2,5-6,8,11,15H,1,3-4,7H2. The van der Waals surface area contributed by atoms with Crippen molar-refractivity contribution in [3.05, 3.63) is 34.1 Å². The molecule has 1 aliphatic rings. The SMILES string of the molecule is OC(CC1CCC1)c1cccc(Br)c1F. The van der Waals surface area contributed by atoms with Gasteiger partial charge in [0.05, 0.1) is 10.6 Å². The van der Waals surface area contributed by atoms with Crippen LogP contribution < -0.4 is 0 Å². The zero-order valence-electron chi connectivity index (χ0n) is 8.42. The lowest BCUT2D eigenvalue weighted by molar-refractivity contribution is 0.115. The Balaban J connectivity index is 2.09.